The van der Waals surface area contributed by atoms with Crippen molar-refractivity contribution in [1.82, 2.24) is 0 Å². The number of ether oxygens (including phenoxy) is 2. The van der Waals surface area contributed by atoms with Crippen molar-refractivity contribution in [1.29, 1.82) is 0 Å². The zero-order valence-corrected chi connectivity index (χ0v) is 6.10. The van der Waals surface area contributed by atoms with Crippen LogP contribution in [0.1, 0.15) is 0 Å². The van der Waals surface area contributed by atoms with Crippen molar-refractivity contribution in [2.24, 2.45) is 11.8 Å². The van der Waals surface area contributed by atoms with E-state index in [-0.39, 0.29) is 24.0 Å². The van der Waals surface area contributed by atoms with Crippen LogP contribution in [-0.2, 0) is 19.1 Å². The summed E-state index contributed by atoms with van der Waals surface area (Å²) in [5.41, 5.74) is 0. The second-order valence-electron chi connectivity index (χ2n) is 3.24. The van der Waals surface area contributed by atoms with Crippen molar-refractivity contribution in [3.63, 3.8) is 0 Å². The summed E-state index contributed by atoms with van der Waals surface area (Å²) in [6.45, 7) is 0. The number of hydrogen-bond donors (Lipinski definition) is 0. The van der Waals surface area contributed by atoms with Gasteiger partial charge in [-0.3, -0.25) is 9.59 Å². The molecule has 4 nitrogen and oxygen atoms in total. The number of carbonyl (C=O) groups is 2. The first kappa shape index (κ1) is 6.37. The van der Waals surface area contributed by atoms with Gasteiger partial charge in [-0.25, -0.2) is 0 Å². The Balaban J connectivity index is 2.08. The van der Waals surface area contributed by atoms with E-state index in [0.717, 1.165) is 0 Å². The Kier molecular flexibility index (Phi) is 0.939. The van der Waals surface area contributed by atoms with Gasteiger partial charge in [0.15, 0.2) is 0 Å². The van der Waals surface area contributed by atoms with Gasteiger partial charge in [0.05, 0.1) is 12.2 Å². The van der Waals surface area contributed by atoms with Gasteiger partial charge < -0.3 is 9.47 Å². The van der Waals surface area contributed by atoms with E-state index in [2.05, 4.69) is 4.74 Å². The summed E-state index contributed by atoms with van der Waals surface area (Å²) in [7, 11) is 0. The van der Waals surface area contributed by atoms with Crippen molar-refractivity contribution < 1.29 is 19.1 Å². The molecule has 4 heteroatoms. The molecule has 0 saturated carbocycles. The average Bonchev–Trinajstić information content (AvgIpc) is 2.64. The molecule has 0 spiro atoms. The molecule has 0 radical (unpaired) electrons. The van der Waals surface area contributed by atoms with Crippen LogP contribution in [-0.4, -0.2) is 24.1 Å². The quantitative estimate of drug-likeness (QED) is 0.280. The van der Waals surface area contributed by atoms with Gasteiger partial charge in [0.25, 0.3) is 0 Å². The molecule has 0 aromatic heterocycles. The van der Waals surface area contributed by atoms with Gasteiger partial charge in [-0.15, -0.1) is 0 Å². The van der Waals surface area contributed by atoms with Gasteiger partial charge in [-0.1, -0.05) is 12.2 Å². The highest BCUT2D eigenvalue weighted by molar-refractivity contribution is 5.98. The van der Waals surface area contributed by atoms with Crippen LogP contribution in [0.4, 0.5) is 0 Å². The van der Waals surface area contributed by atoms with Gasteiger partial charge in [-0.2, -0.15) is 0 Å². The Morgan fingerprint density at radius 1 is 1.00 bits per heavy atom. The smallest absolute Gasteiger partial charge is 0.320 e. The number of carbonyl (C=O) groups excluding carboxylic acids is 2. The zero-order valence-electron chi connectivity index (χ0n) is 6.10. The molecule has 3 aliphatic heterocycles. The van der Waals surface area contributed by atoms with Crippen LogP contribution in [0, 0.1) is 11.8 Å². The van der Waals surface area contributed by atoms with E-state index >= 15 is 0 Å². The molecule has 0 amide bonds. The summed E-state index contributed by atoms with van der Waals surface area (Å²) in [5.74, 6) is -1.59. The van der Waals surface area contributed by atoms with Crippen molar-refractivity contribution in [2.75, 3.05) is 0 Å². The maximum atomic E-state index is 11.1. The van der Waals surface area contributed by atoms with Gasteiger partial charge in [0.2, 0.25) is 0 Å². The minimum Gasteiger partial charge on any atom is -0.393 e. The van der Waals surface area contributed by atoms with Crippen LogP contribution < -0.4 is 0 Å². The zero-order chi connectivity index (χ0) is 8.29. The third kappa shape index (κ3) is 0.536. The van der Waals surface area contributed by atoms with Gasteiger partial charge in [-0.05, 0) is 0 Å². The molecule has 0 aromatic rings. The highest BCUT2D eigenvalue weighted by atomic mass is 16.6. The highest BCUT2D eigenvalue weighted by Gasteiger charge is 2.59. The fourth-order valence-electron chi connectivity index (χ4n) is 2.11. The second kappa shape index (κ2) is 1.77. The van der Waals surface area contributed by atoms with E-state index in [9.17, 15) is 9.59 Å². The summed E-state index contributed by atoms with van der Waals surface area (Å²) in [4.78, 5) is 22.2. The van der Waals surface area contributed by atoms with E-state index in [1.54, 1.807) is 0 Å². The Bertz CT molecular complexity index is 278. The minimum atomic E-state index is -0.429. The summed E-state index contributed by atoms with van der Waals surface area (Å²) in [6, 6.07) is 0. The standard InChI is InChI=1S/C8H6O4/c9-7-5-3-1-2-4(11-3)6(5)8(10)12-7/h1-6H/t3?,4?,5-,6?/m0/s1. The fourth-order valence-corrected chi connectivity index (χ4v) is 2.11. The van der Waals surface area contributed by atoms with Crippen molar-refractivity contribution in [2.45, 2.75) is 12.2 Å². The lowest BCUT2D eigenvalue weighted by Crippen LogP contribution is -2.26. The van der Waals surface area contributed by atoms with Crippen molar-refractivity contribution in [3.05, 3.63) is 12.2 Å². The number of cyclic esters (lactones) is 2. The van der Waals surface area contributed by atoms with E-state index in [0.29, 0.717) is 0 Å². The predicted octanol–water partition coefficient (Wildman–Crippen LogP) is -0.361. The summed E-state index contributed by atoms with van der Waals surface area (Å²) < 4.78 is 9.86. The lowest BCUT2D eigenvalue weighted by Gasteiger charge is -2.08. The molecule has 4 atom stereocenters. The van der Waals surface area contributed by atoms with Crippen LogP contribution in [0.2, 0.25) is 0 Å². The van der Waals surface area contributed by atoms with E-state index < -0.39 is 11.9 Å². The third-order valence-corrected chi connectivity index (χ3v) is 2.65. The van der Waals surface area contributed by atoms with Crippen molar-refractivity contribution >= 4 is 11.9 Å². The largest absolute Gasteiger partial charge is 0.393 e. The molecule has 62 valence electrons. The van der Waals surface area contributed by atoms with Crippen LogP contribution in [0.3, 0.4) is 0 Å². The topological polar surface area (TPSA) is 52.6 Å². The molecule has 3 unspecified atom stereocenters. The van der Waals surface area contributed by atoms with Crippen LogP contribution in [0.15, 0.2) is 12.2 Å². The first-order valence-corrected chi connectivity index (χ1v) is 3.87. The molecule has 3 aliphatic rings. The Morgan fingerprint density at radius 2 is 1.50 bits per heavy atom. The summed E-state index contributed by atoms with van der Waals surface area (Å²) in [6.07, 6.45) is 3.20. The van der Waals surface area contributed by atoms with E-state index in [1.165, 1.54) is 0 Å². The minimum absolute atomic E-state index is 0.223. The van der Waals surface area contributed by atoms with E-state index in [4.69, 9.17) is 4.74 Å². The SMILES string of the molecule is O=C1OC(=O)[C@H]2C3C=CC(O3)C12. The summed E-state index contributed by atoms with van der Waals surface area (Å²) >= 11 is 0. The number of hydrogen-bond acceptors (Lipinski definition) is 4. The lowest BCUT2D eigenvalue weighted by molar-refractivity contribution is -0.156. The van der Waals surface area contributed by atoms with E-state index in [1.807, 2.05) is 12.2 Å². The maximum absolute atomic E-state index is 11.1. The molecule has 0 aromatic carbocycles. The Morgan fingerprint density at radius 3 is 2.00 bits per heavy atom. The normalized spacial score (nSPS) is 48.3. The third-order valence-electron chi connectivity index (χ3n) is 2.65. The Labute approximate surface area is 68.1 Å². The van der Waals surface area contributed by atoms with Gasteiger partial charge in [0, 0.05) is 0 Å². The van der Waals surface area contributed by atoms with Gasteiger partial charge >= 0.3 is 11.9 Å². The molecular weight excluding hydrogens is 160 g/mol. The second-order valence-corrected chi connectivity index (χ2v) is 3.24. The van der Waals surface area contributed by atoms with Gasteiger partial charge in [0.1, 0.15) is 11.8 Å². The predicted molar refractivity (Wildman–Crippen MR) is 35.9 cm³/mol. The molecule has 0 N–H and O–H groups in total. The molecular formula is C8H6O4. The molecule has 0 aliphatic carbocycles. The van der Waals surface area contributed by atoms with Crippen LogP contribution in [0.5, 0.6) is 0 Å². The Hall–Kier alpha value is -1.16. The highest BCUT2D eigenvalue weighted by Crippen LogP contribution is 2.43. The number of esters is 2. The van der Waals surface area contributed by atoms with Crippen LogP contribution >= 0.6 is 0 Å². The molecule has 3 heterocycles. The fraction of sp³-hybridized carbons (Fsp3) is 0.500. The lowest BCUT2D eigenvalue weighted by atomic mass is 9.85. The van der Waals surface area contributed by atoms with Crippen LogP contribution in [0.25, 0.3) is 0 Å². The maximum Gasteiger partial charge on any atom is 0.320 e. The molecule has 2 bridgehead atoms. The van der Waals surface area contributed by atoms with Crippen molar-refractivity contribution in [3.8, 4) is 0 Å². The monoisotopic (exact) mass is 166 g/mol. The molecule has 12 heavy (non-hydrogen) atoms. The average molecular weight is 166 g/mol. The first-order chi connectivity index (χ1) is 5.77. The number of rotatable bonds is 0. The number of fused-ring (bicyclic) bond motifs is 5. The first-order valence-electron chi connectivity index (χ1n) is 3.87. The molecule has 2 fully saturated rings. The molecule has 2 saturated heterocycles. The molecule has 3 rings (SSSR count). The summed E-state index contributed by atoms with van der Waals surface area (Å²) in [5, 5.41) is 0.